The molecule has 1 aromatic heterocycles. The van der Waals surface area contributed by atoms with Crippen LogP contribution in [-0.2, 0) is 4.74 Å². The number of hydrogen-bond acceptors (Lipinski definition) is 9. The molecule has 0 bridgehead atoms. The number of ether oxygens (including phenoxy) is 3. The fraction of sp³-hybridized carbons (Fsp3) is 0.282. The predicted molar refractivity (Wildman–Crippen MR) is 193 cm³/mol. The summed E-state index contributed by atoms with van der Waals surface area (Å²) in [5.41, 5.74) is 3.27. The molecule has 4 aromatic carbocycles. The summed E-state index contributed by atoms with van der Waals surface area (Å²) in [6.45, 7) is 3.92. The molecule has 1 aliphatic rings. The molecule has 11 heteroatoms. The van der Waals surface area contributed by atoms with Gasteiger partial charge in [0.15, 0.2) is 11.5 Å². The molecule has 1 amide bonds. The molecule has 5 aromatic rings. The van der Waals surface area contributed by atoms with Gasteiger partial charge >= 0.3 is 6.09 Å². The normalized spacial score (nSPS) is 14.3. The number of carbonyl (C=O) groups excluding carboxylic acids is 1. The molecule has 11 nitrogen and oxygen atoms in total. The van der Waals surface area contributed by atoms with Crippen molar-refractivity contribution in [1.82, 2.24) is 15.2 Å². The van der Waals surface area contributed by atoms with Crippen molar-refractivity contribution in [2.24, 2.45) is 0 Å². The van der Waals surface area contributed by atoms with Gasteiger partial charge in [0.05, 0.1) is 17.3 Å². The van der Waals surface area contributed by atoms with Crippen LogP contribution in [0.5, 0.6) is 17.2 Å². The molecule has 1 aliphatic heterocycles. The fourth-order valence-corrected chi connectivity index (χ4v) is 6.11. The van der Waals surface area contributed by atoms with Gasteiger partial charge in [-0.05, 0) is 54.3 Å². The molecule has 0 saturated carbocycles. The Labute approximate surface area is 290 Å². The number of fused-ring (bicyclic) bond motifs is 1. The maximum atomic E-state index is 12.8. The molecule has 2 heterocycles. The number of benzene rings is 4. The minimum Gasteiger partial charge on any atom is -0.506 e. The van der Waals surface area contributed by atoms with Crippen LogP contribution < -0.4 is 25.7 Å². The van der Waals surface area contributed by atoms with E-state index in [1.165, 1.54) is 12.1 Å². The number of likely N-dealkylation sites (tertiary alicyclic amines) is 1. The molecule has 260 valence electrons. The lowest BCUT2D eigenvalue weighted by molar-refractivity contribution is 0.0546. The highest BCUT2D eigenvalue weighted by Crippen LogP contribution is 2.30. The first-order chi connectivity index (χ1) is 24.4. The number of aromatic amines is 1. The number of aromatic nitrogens is 1. The molecule has 0 radical (unpaired) electrons. The van der Waals surface area contributed by atoms with Crippen molar-refractivity contribution in [2.45, 2.75) is 25.0 Å². The number of piperidine rings is 1. The first-order valence-corrected chi connectivity index (χ1v) is 16.9. The van der Waals surface area contributed by atoms with Crippen LogP contribution in [0.15, 0.2) is 108 Å². The maximum Gasteiger partial charge on any atom is 0.411 e. The van der Waals surface area contributed by atoms with Gasteiger partial charge in [-0.25, -0.2) is 4.79 Å². The number of aliphatic hydroxyl groups excluding tert-OH is 1. The molecule has 1 atom stereocenters. The number of aromatic hydroxyl groups is 1. The average Bonchev–Trinajstić information content (AvgIpc) is 3.13. The molecule has 1 unspecified atom stereocenters. The van der Waals surface area contributed by atoms with E-state index in [9.17, 15) is 19.8 Å². The summed E-state index contributed by atoms with van der Waals surface area (Å²) in [6, 6.07) is 31.3. The van der Waals surface area contributed by atoms with Crippen LogP contribution in [0.1, 0.15) is 24.5 Å². The van der Waals surface area contributed by atoms with Gasteiger partial charge < -0.3 is 34.7 Å². The Hall–Kier alpha value is -5.36. The van der Waals surface area contributed by atoms with E-state index in [1.807, 2.05) is 78.9 Å². The Bertz CT molecular complexity index is 1930. The minimum absolute atomic E-state index is 0.0474. The molecule has 0 aliphatic carbocycles. The summed E-state index contributed by atoms with van der Waals surface area (Å²) in [5, 5.41) is 27.6. The minimum atomic E-state index is -0.851. The van der Waals surface area contributed by atoms with Gasteiger partial charge in [-0.3, -0.25) is 15.0 Å². The molecular weight excluding hydrogens is 636 g/mol. The first kappa shape index (κ1) is 34.5. The highest BCUT2D eigenvalue weighted by Gasteiger charge is 2.23. The third-order valence-electron chi connectivity index (χ3n) is 8.71. The number of anilines is 1. The molecule has 5 N–H and O–H groups in total. The lowest BCUT2D eigenvalue weighted by Crippen LogP contribution is -2.40. The number of hydrogen-bond donors (Lipinski definition) is 5. The van der Waals surface area contributed by atoms with Gasteiger partial charge in [-0.2, -0.15) is 0 Å². The number of phenols is 1. The maximum absolute atomic E-state index is 12.8. The number of para-hydroxylation sites is 3. The smallest absolute Gasteiger partial charge is 0.411 e. The highest BCUT2D eigenvalue weighted by molar-refractivity contribution is 5.91. The second kappa shape index (κ2) is 16.8. The topological polar surface area (TPSA) is 145 Å². The zero-order chi connectivity index (χ0) is 34.7. The number of carbonyl (C=O) groups is 1. The van der Waals surface area contributed by atoms with E-state index in [0.717, 1.165) is 49.3 Å². The van der Waals surface area contributed by atoms with Crippen LogP contribution >= 0.6 is 0 Å². The number of nitrogens with one attached hydrogen (secondary N) is 3. The summed E-state index contributed by atoms with van der Waals surface area (Å²) in [5.74, 6) is 1.24. The average molecular weight is 679 g/mol. The van der Waals surface area contributed by atoms with E-state index in [1.54, 1.807) is 12.1 Å². The summed E-state index contributed by atoms with van der Waals surface area (Å²) in [7, 11) is 0. The van der Waals surface area contributed by atoms with Crippen molar-refractivity contribution in [1.29, 1.82) is 0 Å². The number of nitrogens with zero attached hydrogens (tertiary/aromatic N) is 1. The fourth-order valence-electron chi connectivity index (χ4n) is 6.11. The second-order valence-electron chi connectivity index (χ2n) is 12.1. The van der Waals surface area contributed by atoms with Crippen LogP contribution in [0.25, 0.3) is 22.0 Å². The zero-order valence-corrected chi connectivity index (χ0v) is 27.7. The number of H-pyrrole nitrogens is 1. The van der Waals surface area contributed by atoms with Crippen LogP contribution in [0.3, 0.4) is 0 Å². The number of aliphatic hydroxyl groups is 1. The van der Waals surface area contributed by atoms with Gasteiger partial charge in [-0.15, -0.1) is 0 Å². The summed E-state index contributed by atoms with van der Waals surface area (Å²) >= 11 is 0. The van der Waals surface area contributed by atoms with Crippen molar-refractivity contribution < 1.29 is 29.2 Å². The van der Waals surface area contributed by atoms with Gasteiger partial charge in [0.1, 0.15) is 25.1 Å². The van der Waals surface area contributed by atoms with Crippen LogP contribution in [0.4, 0.5) is 10.5 Å². The Balaban J connectivity index is 0.891. The van der Waals surface area contributed by atoms with Crippen molar-refractivity contribution in [3.05, 3.63) is 119 Å². The monoisotopic (exact) mass is 678 g/mol. The molecule has 0 spiro atoms. The van der Waals surface area contributed by atoms with Crippen molar-refractivity contribution >= 4 is 22.7 Å². The summed E-state index contributed by atoms with van der Waals surface area (Å²) < 4.78 is 17.8. The van der Waals surface area contributed by atoms with E-state index >= 15 is 0 Å². The Morgan fingerprint density at radius 2 is 1.56 bits per heavy atom. The van der Waals surface area contributed by atoms with Crippen LogP contribution in [0.2, 0.25) is 0 Å². The Morgan fingerprint density at radius 1 is 0.860 bits per heavy atom. The van der Waals surface area contributed by atoms with Crippen molar-refractivity contribution in [3.8, 4) is 28.4 Å². The first-order valence-electron chi connectivity index (χ1n) is 16.9. The van der Waals surface area contributed by atoms with E-state index in [4.69, 9.17) is 14.2 Å². The Kier molecular flexibility index (Phi) is 11.6. The van der Waals surface area contributed by atoms with Crippen LogP contribution in [0, 0.1) is 0 Å². The van der Waals surface area contributed by atoms with Crippen LogP contribution in [-0.4, -0.2) is 78.2 Å². The van der Waals surface area contributed by atoms with Gasteiger partial charge in [-0.1, -0.05) is 66.7 Å². The van der Waals surface area contributed by atoms with E-state index < -0.39 is 12.2 Å². The zero-order valence-electron chi connectivity index (χ0n) is 27.7. The molecule has 1 fully saturated rings. The third kappa shape index (κ3) is 9.00. The van der Waals surface area contributed by atoms with Gasteiger partial charge in [0, 0.05) is 49.7 Å². The number of phenolic OH excluding ortho intramolecular Hbond substituents is 1. The summed E-state index contributed by atoms with van der Waals surface area (Å²) in [6.07, 6.45) is 0.0550. The molecule has 6 rings (SSSR count). The lowest BCUT2D eigenvalue weighted by Gasteiger charge is -2.31. The van der Waals surface area contributed by atoms with Crippen molar-refractivity contribution in [3.63, 3.8) is 0 Å². The second-order valence-corrected chi connectivity index (χ2v) is 12.1. The van der Waals surface area contributed by atoms with E-state index in [2.05, 4.69) is 20.5 Å². The SMILES string of the molecule is O=C(Nc1ccccc1-c1ccccc1)OC1CCN(CCOc2ccccc2OCCNCC(O)c2ccc(O)c3[nH]c(=O)ccc23)CC1. The lowest BCUT2D eigenvalue weighted by atomic mass is 10.0. The number of amides is 1. The molecular formula is C39H42N4O7. The Morgan fingerprint density at radius 3 is 2.34 bits per heavy atom. The standard InChI is InChI=1S/C39H42N4O7/c44-33-16-14-30(31-15-17-37(46)42-38(31)33)34(45)26-40-20-24-48-35-12-6-7-13-36(35)49-25-23-43-21-18-28(19-22-43)50-39(47)41-32-11-5-4-10-29(32)27-8-2-1-3-9-27/h1-17,28,34,40,44-45H,18-26H2,(H,41,47)(H,42,46). The molecule has 1 saturated heterocycles. The third-order valence-corrected chi connectivity index (χ3v) is 8.71. The van der Waals surface area contributed by atoms with Crippen molar-refractivity contribution in [2.75, 3.05) is 51.3 Å². The molecule has 50 heavy (non-hydrogen) atoms. The predicted octanol–water partition coefficient (Wildman–Crippen LogP) is 5.69. The van der Waals surface area contributed by atoms with Gasteiger partial charge in [0.2, 0.25) is 5.56 Å². The largest absolute Gasteiger partial charge is 0.506 e. The number of rotatable bonds is 14. The highest BCUT2D eigenvalue weighted by atomic mass is 16.6. The van der Waals surface area contributed by atoms with E-state index in [0.29, 0.717) is 47.7 Å². The van der Waals surface area contributed by atoms with E-state index in [-0.39, 0.29) is 24.0 Å². The van der Waals surface area contributed by atoms with Gasteiger partial charge in [0.25, 0.3) is 0 Å². The quantitative estimate of drug-likeness (QED) is 0.0935. The number of pyridine rings is 1. The summed E-state index contributed by atoms with van der Waals surface area (Å²) in [4.78, 5) is 29.3.